The van der Waals surface area contributed by atoms with Crippen LogP contribution in [0.15, 0.2) is 12.1 Å². The summed E-state index contributed by atoms with van der Waals surface area (Å²) in [6, 6.07) is 1.80. The van der Waals surface area contributed by atoms with Crippen molar-refractivity contribution >= 4 is 23.9 Å². The highest BCUT2D eigenvalue weighted by Crippen LogP contribution is 2.22. The van der Waals surface area contributed by atoms with Crippen LogP contribution in [-0.4, -0.2) is 50.3 Å². The average Bonchev–Trinajstić information content (AvgIpc) is 2.76. The molecule has 0 amide bonds. The van der Waals surface area contributed by atoms with Crippen LogP contribution in [0.4, 0.5) is 0 Å². The van der Waals surface area contributed by atoms with Gasteiger partial charge in [0.05, 0.1) is 22.3 Å². The molecule has 1 aromatic carbocycles. The quantitative estimate of drug-likeness (QED) is 0.355. The molecule has 0 unspecified atom stereocenters. The molecular formula is C22H14O8. The first-order valence-corrected chi connectivity index (χ1v) is 8.01. The number of hydrogen-bond acceptors (Lipinski definition) is 8. The Balaban J connectivity index is 3.64. The topological polar surface area (TPSA) is 105 Å². The Morgan fingerprint density at radius 2 is 0.733 bits per heavy atom. The fraction of sp³-hybridized carbons (Fsp3) is 0.182. The maximum absolute atomic E-state index is 12.4. The van der Waals surface area contributed by atoms with Crippen LogP contribution < -0.4 is 0 Å². The molecule has 0 aromatic heterocycles. The lowest BCUT2D eigenvalue weighted by Gasteiger charge is -2.13. The maximum atomic E-state index is 12.4. The molecule has 0 saturated carbocycles. The maximum Gasteiger partial charge on any atom is 0.339 e. The van der Waals surface area contributed by atoms with E-state index >= 15 is 0 Å². The molecule has 0 heterocycles. The summed E-state index contributed by atoms with van der Waals surface area (Å²) in [4.78, 5) is 49.4. The Kier molecular flexibility index (Phi) is 9.30. The van der Waals surface area contributed by atoms with Crippen LogP contribution in [0.1, 0.15) is 41.4 Å². The first kappa shape index (κ1) is 23.4. The SMILES string of the molecule is C#CCOC(=O)c1cc(C(=O)OCC#C)c(C(=O)OCC#C)cc1C(=O)OCC#C. The van der Waals surface area contributed by atoms with Crippen molar-refractivity contribution in [1.82, 2.24) is 0 Å². The molecule has 0 atom stereocenters. The molecule has 150 valence electrons. The number of carbonyl (C=O) groups is 4. The zero-order valence-electron chi connectivity index (χ0n) is 15.6. The standard InChI is InChI=1S/C22H14O8/c1-5-9-27-19(23)15-13-17(21(25)29-11-7-3)18(22(26)30-12-8-4)14-16(15)20(24)28-10-6-2/h1-4,13-14H,9-12H2. The van der Waals surface area contributed by atoms with E-state index in [-0.39, 0.29) is 0 Å². The fourth-order valence-corrected chi connectivity index (χ4v) is 2.02. The molecule has 0 spiro atoms. The highest BCUT2D eigenvalue weighted by atomic mass is 16.5. The summed E-state index contributed by atoms with van der Waals surface area (Å²) < 4.78 is 19.2. The monoisotopic (exact) mass is 406 g/mol. The van der Waals surface area contributed by atoms with Gasteiger partial charge in [0.25, 0.3) is 0 Å². The Morgan fingerprint density at radius 3 is 0.900 bits per heavy atom. The smallest absolute Gasteiger partial charge is 0.339 e. The second-order valence-electron chi connectivity index (χ2n) is 5.06. The van der Waals surface area contributed by atoms with Gasteiger partial charge in [0, 0.05) is 0 Å². The summed E-state index contributed by atoms with van der Waals surface area (Å²) in [5.41, 5.74) is -1.69. The van der Waals surface area contributed by atoms with Crippen molar-refractivity contribution in [2.45, 2.75) is 0 Å². The lowest BCUT2D eigenvalue weighted by molar-refractivity contribution is 0.0494. The van der Waals surface area contributed by atoms with Gasteiger partial charge >= 0.3 is 23.9 Å². The predicted octanol–water partition coefficient (Wildman–Crippen LogP) is 0.847. The molecule has 8 heteroatoms. The van der Waals surface area contributed by atoms with Crippen molar-refractivity contribution in [3.8, 4) is 49.4 Å². The molecule has 0 aliphatic rings. The van der Waals surface area contributed by atoms with Crippen LogP contribution in [0.25, 0.3) is 0 Å². The highest BCUT2D eigenvalue weighted by Gasteiger charge is 2.28. The summed E-state index contributed by atoms with van der Waals surface area (Å²) in [6.07, 6.45) is 20.2. The first-order valence-electron chi connectivity index (χ1n) is 8.01. The first-order chi connectivity index (χ1) is 14.4. The largest absolute Gasteiger partial charge is 0.449 e. The van der Waals surface area contributed by atoms with Crippen LogP contribution in [0.2, 0.25) is 0 Å². The molecule has 0 radical (unpaired) electrons. The van der Waals surface area contributed by atoms with Gasteiger partial charge in [-0.05, 0) is 12.1 Å². The minimum Gasteiger partial charge on any atom is -0.449 e. The van der Waals surface area contributed by atoms with E-state index in [9.17, 15) is 19.2 Å². The number of rotatable bonds is 8. The molecule has 1 rings (SSSR count). The van der Waals surface area contributed by atoms with Gasteiger partial charge in [-0.1, -0.05) is 23.7 Å². The zero-order chi connectivity index (χ0) is 22.5. The summed E-state index contributed by atoms with van der Waals surface area (Å²) in [6.45, 7) is -1.66. The highest BCUT2D eigenvalue weighted by molar-refractivity contribution is 6.10. The van der Waals surface area contributed by atoms with Gasteiger partial charge in [-0.2, -0.15) is 0 Å². The number of terminal acetylenes is 4. The van der Waals surface area contributed by atoms with Gasteiger partial charge in [-0.15, -0.1) is 25.7 Å². The summed E-state index contributed by atoms with van der Waals surface area (Å²) >= 11 is 0. The Hall–Kier alpha value is -4.66. The second-order valence-corrected chi connectivity index (χ2v) is 5.06. The molecule has 0 bridgehead atoms. The Labute approximate surface area is 172 Å². The lowest BCUT2D eigenvalue weighted by Crippen LogP contribution is -2.21. The van der Waals surface area contributed by atoms with Crippen molar-refractivity contribution in [3.63, 3.8) is 0 Å². The zero-order valence-corrected chi connectivity index (χ0v) is 15.6. The fourth-order valence-electron chi connectivity index (χ4n) is 2.02. The lowest BCUT2D eigenvalue weighted by atomic mass is 9.98. The average molecular weight is 406 g/mol. The minimum absolute atomic E-state index is 0.416. The van der Waals surface area contributed by atoms with Gasteiger partial charge in [-0.25, -0.2) is 19.2 Å². The number of carbonyl (C=O) groups excluding carboxylic acids is 4. The summed E-state index contributed by atoms with van der Waals surface area (Å²) in [5.74, 6) is 4.07. The molecule has 0 aliphatic heterocycles. The molecule has 8 nitrogen and oxygen atoms in total. The van der Waals surface area contributed by atoms with Crippen molar-refractivity contribution in [3.05, 3.63) is 34.4 Å². The van der Waals surface area contributed by atoms with Gasteiger partial charge < -0.3 is 18.9 Å². The van der Waals surface area contributed by atoms with Gasteiger partial charge in [0.2, 0.25) is 0 Å². The second kappa shape index (κ2) is 11.9. The van der Waals surface area contributed by atoms with Crippen LogP contribution in [0.3, 0.4) is 0 Å². The number of hydrogen-bond donors (Lipinski definition) is 0. The third-order valence-corrected chi connectivity index (χ3v) is 3.18. The van der Waals surface area contributed by atoms with Gasteiger partial charge in [0.15, 0.2) is 26.4 Å². The van der Waals surface area contributed by atoms with Crippen LogP contribution >= 0.6 is 0 Å². The number of esters is 4. The third kappa shape index (κ3) is 6.20. The van der Waals surface area contributed by atoms with E-state index in [0.29, 0.717) is 0 Å². The van der Waals surface area contributed by atoms with Crippen molar-refractivity contribution in [2.75, 3.05) is 26.4 Å². The Morgan fingerprint density at radius 1 is 0.533 bits per heavy atom. The van der Waals surface area contributed by atoms with Crippen LogP contribution in [0, 0.1) is 49.4 Å². The van der Waals surface area contributed by atoms with E-state index in [1.165, 1.54) is 0 Å². The van der Waals surface area contributed by atoms with Crippen LogP contribution in [0.5, 0.6) is 0 Å². The molecule has 0 fully saturated rings. The van der Waals surface area contributed by atoms with E-state index < -0.39 is 72.6 Å². The summed E-state index contributed by atoms with van der Waals surface area (Å²) in [7, 11) is 0. The Bertz CT molecular complexity index is 859. The van der Waals surface area contributed by atoms with E-state index in [1.807, 2.05) is 0 Å². The molecule has 0 N–H and O–H groups in total. The normalized spacial score (nSPS) is 8.93. The molecular weight excluding hydrogens is 392 g/mol. The van der Waals surface area contributed by atoms with Crippen molar-refractivity contribution in [2.24, 2.45) is 0 Å². The van der Waals surface area contributed by atoms with E-state index in [1.54, 1.807) is 0 Å². The van der Waals surface area contributed by atoms with Crippen molar-refractivity contribution < 1.29 is 38.1 Å². The molecule has 30 heavy (non-hydrogen) atoms. The molecule has 0 aliphatic carbocycles. The van der Waals surface area contributed by atoms with Crippen molar-refractivity contribution in [1.29, 1.82) is 0 Å². The van der Waals surface area contributed by atoms with Crippen LogP contribution in [-0.2, 0) is 18.9 Å². The number of ether oxygens (including phenoxy) is 4. The minimum atomic E-state index is -1.06. The number of benzene rings is 1. The van der Waals surface area contributed by atoms with Gasteiger partial charge in [-0.3, -0.25) is 0 Å². The van der Waals surface area contributed by atoms with Gasteiger partial charge in [0.1, 0.15) is 0 Å². The van der Waals surface area contributed by atoms with E-state index in [0.717, 1.165) is 12.1 Å². The third-order valence-electron chi connectivity index (χ3n) is 3.18. The van der Waals surface area contributed by atoms with E-state index in [4.69, 9.17) is 44.6 Å². The predicted molar refractivity (Wildman–Crippen MR) is 103 cm³/mol. The van der Waals surface area contributed by atoms with E-state index in [2.05, 4.69) is 23.7 Å². The molecule has 0 saturated heterocycles. The molecule has 1 aromatic rings. The summed E-state index contributed by atoms with van der Waals surface area (Å²) in [5, 5.41) is 0.